The van der Waals surface area contributed by atoms with Crippen LogP contribution in [0.1, 0.15) is 35.4 Å². The molecule has 1 heterocycles. The van der Waals surface area contributed by atoms with Crippen molar-refractivity contribution >= 4 is 5.97 Å². The molecule has 1 saturated carbocycles. The van der Waals surface area contributed by atoms with E-state index in [0.29, 0.717) is 0 Å². The van der Waals surface area contributed by atoms with Crippen molar-refractivity contribution in [2.75, 3.05) is 6.54 Å². The van der Waals surface area contributed by atoms with Gasteiger partial charge in [0, 0.05) is 25.7 Å². The van der Waals surface area contributed by atoms with Gasteiger partial charge >= 0.3 is 5.97 Å². The predicted octanol–water partition coefficient (Wildman–Crippen LogP) is 1.29. The molecule has 0 saturated heterocycles. The highest BCUT2D eigenvalue weighted by Crippen LogP contribution is 2.35. The third-order valence-corrected chi connectivity index (χ3v) is 3.98. The van der Waals surface area contributed by atoms with E-state index in [1.807, 2.05) is 12.1 Å². The van der Waals surface area contributed by atoms with Gasteiger partial charge in [-0.05, 0) is 29.5 Å². The molecule has 3 rings (SSSR count). The zero-order valence-electron chi connectivity index (χ0n) is 10.3. The van der Waals surface area contributed by atoms with Crippen molar-refractivity contribution in [3.63, 3.8) is 0 Å². The van der Waals surface area contributed by atoms with E-state index in [-0.39, 0.29) is 6.54 Å². The molecule has 4 nitrogen and oxygen atoms in total. The van der Waals surface area contributed by atoms with Gasteiger partial charge in [0.1, 0.15) is 0 Å². The highest BCUT2D eigenvalue weighted by Gasteiger charge is 2.33. The summed E-state index contributed by atoms with van der Waals surface area (Å²) >= 11 is 0. The third kappa shape index (κ3) is 2.02. The summed E-state index contributed by atoms with van der Waals surface area (Å²) in [5, 5.41) is 9.14. The van der Waals surface area contributed by atoms with Crippen LogP contribution in [0.25, 0.3) is 0 Å². The molecule has 1 aliphatic heterocycles. The Labute approximate surface area is 106 Å². The Morgan fingerprint density at radius 3 is 2.72 bits per heavy atom. The van der Waals surface area contributed by atoms with Gasteiger partial charge in [0.15, 0.2) is 0 Å². The molecular formula is C14H18N2O2. The number of nitrogens with two attached hydrogens (primary N) is 1. The normalized spacial score (nSPS) is 20.7. The lowest BCUT2D eigenvalue weighted by molar-refractivity contribution is -0.138. The van der Waals surface area contributed by atoms with Gasteiger partial charge in [0.2, 0.25) is 0 Å². The minimum atomic E-state index is -0.838. The quantitative estimate of drug-likeness (QED) is 0.840. The van der Waals surface area contributed by atoms with Crippen LogP contribution in [0.2, 0.25) is 0 Å². The number of nitrogens with zero attached hydrogens (tertiary/aromatic N) is 1. The van der Waals surface area contributed by atoms with Gasteiger partial charge in [-0.25, -0.2) is 0 Å². The van der Waals surface area contributed by atoms with E-state index in [2.05, 4.69) is 11.0 Å². The fraction of sp³-hybridized carbons (Fsp3) is 0.500. The maximum atomic E-state index is 11.1. The molecular weight excluding hydrogens is 228 g/mol. The zero-order valence-corrected chi connectivity index (χ0v) is 10.3. The maximum absolute atomic E-state index is 11.1. The van der Waals surface area contributed by atoms with Crippen LogP contribution < -0.4 is 5.73 Å². The fourth-order valence-corrected chi connectivity index (χ4v) is 2.73. The molecule has 1 fully saturated rings. The van der Waals surface area contributed by atoms with Gasteiger partial charge in [-0.2, -0.15) is 0 Å². The number of carbonyl (C=O) groups is 1. The SMILES string of the molecule is NCC(C(=O)O)c1ccc2c(c1)CN(C1CC1)C2. The Kier molecular flexibility index (Phi) is 2.84. The van der Waals surface area contributed by atoms with Gasteiger partial charge in [0.05, 0.1) is 5.92 Å². The molecule has 1 aromatic carbocycles. The Balaban J connectivity index is 1.84. The molecule has 1 unspecified atom stereocenters. The second kappa shape index (κ2) is 4.37. The van der Waals surface area contributed by atoms with Crippen molar-refractivity contribution < 1.29 is 9.90 Å². The lowest BCUT2D eigenvalue weighted by Crippen LogP contribution is -2.21. The molecule has 0 aromatic heterocycles. The Bertz CT molecular complexity index is 483. The van der Waals surface area contributed by atoms with Crippen molar-refractivity contribution in [2.45, 2.75) is 37.9 Å². The molecule has 2 aliphatic rings. The van der Waals surface area contributed by atoms with Crippen LogP contribution in [-0.4, -0.2) is 28.6 Å². The maximum Gasteiger partial charge on any atom is 0.312 e. The first kappa shape index (κ1) is 11.7. The number of benzene rings is 1. The molecule has 1 aliphatic carbocycles. The summed E-state index contributed by atoms with van der Waals surface area (Å²) in [5.74, 6) is -1.42. The minimum absolute atomic E-state index is 0.153. The summed E-state index contributed by atoms with van der Waals surface area (Å²) in [5.41, 5.74) is 9.00. The van der Waals surface area contributed by atoms with Crippen LogP contribution in [-0.2, 0) is 17.9 Å². The van der Waals surface area contributed by atoms with Crippen molar-refractivity contribution in [1.29, 1.82) is 0 Å². The number of carboxylic acid groups (broad SMARTS) is 1. The van der Waals surface area contributed by atoms with Crippen LogP contribution in [0.5, 0.6) is 0 Å². The third-order valence-electron chi connectivity index (χ3n) is 3.98. The highest BCUT2D eigenvalue weighted by atomic mass is 16.4. The van der Waals surface area contributed by atoms with E-state index in [0.717, 1.165) is 24.7 Å². The van der Waals surface area contributed by atoms with Crippen molar-refractivity contribution in [3.05, 3.63) is 34.9 Å². The van der Waals surface area contributed by atoms with E-state index in [9.17, 15) is 4.79 Å². The zero-order chi connectivity index (χ0) is 12.7. The Morgan fingerprint density at radius 2 is 2.11 bits per heavy atom. The predicted molar refractivity (Wildman–Crippen MR) is 68.1 cm³/mol. The average Bonchev–Trinajstić information content (AvgIpc) is 3.10. The van der Waals surface area contributed by atoms with E-state index in [1.54, 1.807) is 0 Å². The lowest BCUT2D eigenvalue weighted by Gasteiger charge is -2.12. The Morgan fingerprint density at radius 1 is 1.39 bits per heavy atom. The standard InChI is InChI=1S/C14H18N2O2/c15-6-13(14(17)18)9-1-2-10-7-16(12-3-4-12)8-11(10)5-9/h1-2,5,12-13H,3-4,6-8,15H2,(H,17,18). The molecule has 0 bridgehead atoms. The van der Waals surface area contributed by atoms with Gasteiger partial charge in [-0.1, -0.05) is 18.2 Å². The number of fused-ring (bicyclic) bond motifs is 1. The van der Waals surface area contributed by atoms with Crippen LogP contribution in [0.15, 0.2) is 18.2 Å². The van der Waals surface area contributed by atoms with E-state index in [1.165, 1.54) is 24.0 Å². The fourth-order valence-electron chi connectivity index (χ4n) is 2.73. The average molecular weight is 246 g/mol. The van der Waals surface area contributed by atoms with Crippen molar-refractivity contribution in [2.24, 2.45) is 5.73 Å². The number of rotatable bonds is 4. The van der Waals surface area contributed by atoms with Gasteiger partial charge in [-0.15, -0.1) is 0 Å². The van der Waals surface area contributed by atoms with Crippen LogP contribution in [0, 0.1) is 0 Å². The monoisotopic (exact) mass is 246 g/mol. The number of hydrogen-bond donors (Lipinski definition) is 2. The number of aliphatic carboxylic acids is 1. The summed E-state index contributed by atoms with van der Waals surface area (Å²) in [4.78, 5) is 13.6. The van der Waals surface area contributed by atoms with Gasteiger partial charge < -0.3 is 10.8 Å². The summed E-state index contributed by atoms with van der Waals surface area (Å²) < 4.78 is 0. The molecule has 3 N–H and O–H groups in total. The lowest BCUT2D eigenvalue weighted by atomic mass is 9.96. The molecule has 96 valence electrons. The molecule has 0 amide bonds. The molecule has 1 aromatic rings. The first-order valence-corrected chi connectivity index (χ1v) is 6.47. The molecule has 1 atom stereocenters. The minimum Gasteiger partial charge on any atom is -0.481 e. The molecule has 4 heteroatoms. The number of hydrogen-bond acceptors (Lipinski definition) is 3. The number of carboxylic acids is 1. The summed E-state index contributed by atoms with van der Waals surface area (Å²) in [7, 11) is 0. The van der Waals surface area contributed by atoms with Crippen molar-refractivity contribution in [1.82, 2.24) is 4.90 Å². The summed E-state index contributed by atoms with van der Waals surface area (Å²) in [6.07, 6.45) is 2.61. The van der Waals surface area contributed by atoms with E-state index < -0.39 is 11.9 Å². The molecule has 0 spiro atoms. The second-order valence-electron chi connectivity index (χ2n) is 5.29. The van der Waals surface area contributed by atoms with E-state index >= 15 is 0 Å². The summed E-state index contributed by atoms with van der Waals surface area (Å²) in [6.45, 7) is 2.13. The van der Waals surface area contributed by atoms with Crippen LogP contribution in [0.3, 0.4) is 0 Å². The molecule has 0 radical (unpaired) electrons. The highest BCUT2D eigenvalue weighted by molar-refractivity contribution is 5.76. The van der Waals surface area contributed by atoms with E-state index in [4.69, 9.17) is 10.8 Å². The first-order chi connectivity index (χ1) is 8.69. The van der Waals surface area contributed by atoms with Gasteiger partial charge in [-0.3, -0.25) is 9.69 Å². The van der Waals surface area contributed by atoms with Crippen molar-refractivity contribution in [3.8, 4) is 0 Å². The van der Waals surface area contributed by atoms with Crippen LogP contribution >= 0.6 is 0 Å². The van der Waals surface area contributed by atoms with Crippen LogP contribution in [0.4, 0.5) is 0 Å². The smallest absolute Gasteiger partial charge is 0.312 e. The molecule has 18 heavy (non-hydrogen) atoms. The topological polar surface area (TPSA) is 66.6 Å². The van der Waals surface area contributed by atoms with Gasteiger partial charge in [0.25, 0.3) is 0 Å². The largest absolute Gasteiger partial charge is 0.481 e. The second-order valence-corrected chi connectivity index (χ2v) is 5.29. The Hall–Kier alpha value is -1.39. The first-order valence-electron chi connectivity index (χ1n) is 6.47. The summed E-state index contributed by atoms with van der Waals surface area (Å²) in [6, 6.07) is 6.77.